The summed E-state index contributed by atoms with van der Waals surface area (Å²) in [5, 5.41) is 7.69. The van der Waals surface area contributed by atoms with Gasteiger partial charge in [0.1, 0.15) is 0 Å². The first-order chi connectivity index (χ1) is 27.2. The summed E-state index contributed by atoms with van der Waals surface area (Å²) in [6.45, 7) is 9.75. The van der Waals surface area contributed by atoms with Gasteiger partial charge in [0.25, 0.3) is 0 Å². The van der Waals surface area contributed by atoms with Gasteiger partial charge in [0.05, 0.1) is 22.1 Å². The molecule has 1 aliphatic rings. The molecule has 270 valence electrons. The molecule has 1 aliphatic carbocycles. The largest absolute Gasteiger partial charge is 0.309 e. The Morgan fingerprint density at radius 2 is 0.857 bits per heavy atom. The van der Waals surface area contributed by atoms with Gasteiger partial charge in [0.15, 0.2) is 0 Å². The van der Waals surface area contributed by atoms with E-state index in [4.69, 9.17) is 0 Å². The maximum atomic E-state index is 2.56. The topological polar surface area (TPSA) is 9.86 Å². The molecule has 0 amide bonds. The Bertz CT molecular complexity index is 3100. The molecule has 0 unspecified atom stereocenters. The minimum atomic E-state index is 0.101. The van der Waals surface area contributed by atoms with Gasteiger partial charge in [-0.25, -0.2) is 0 Å². The molecule has 2 nitrogen and oxygen atoms in total. The molecular formula is C54H44N2. The van der Waals surface area contributed by atoms with Crippen LogP contribution < -0.4 is 0 Å². The van der Waals surface area contributed by atoms with E-state index in [2.05, 4.69) is 207 Å². The Morgan fingerprint density at radius 1 is 0.357 bits per heavy atom. The van der Waals surface area contributed by atoms with Crippen molar-refractivity contribution in [3.63, 3.8) is 0 Å². The lowest BCUT2D eigenvalue weighted by molar-refractivity contribution is 0.332. The maximum absolute atomic E-state index is 2.56. The number of benzene rings is 8. The minimum Gasteiger partial charge on any atom is -0.309 e. The first-order valence-electron chi connectivity index (χ1n) is 20.1. The Labute approximate surface area is 328 Å². The number of nitrogens with zero attached hydrogens (tertiary/aromatic N) is 2. The molecule has 0 fully saturated rings. The van der Waals surface area contributed by atoms with Gasteiger partial charge < -0.3 is 9.13 Å². The van der Waals surface area contributed by atoms with Gasteiger partial charge >= 0.3 is 0 Å². The molecule has 8 aromatic carbocycles. The average molecular weight is 721 g/mol. The van der Waals surface area contributed by atoms with Crippen molar-refractivity contribution in [1.29, 1.82) is 0 Å². The second-order valence-electron chi connectivity index (χ2n) is 17.3. The van der Waals surface area contributed by atoms with Crippen molar-refractivity contribution < 1.29 is 0 Å². The second kappa shape index (κ2) is 12.1. The Hall–Kier alpha value is -6.38. The summed E-state index contributed by atoms with van der Waals surface area (Å²) < 4.78 is 5.06. The summed E-state index contributed by atoms with van der Waals surface area (Å²) >= 11 is 0. The van der Waals surface area contributed by atoms with E-state index >= 15 is 0 Å². The molecule has 0 atom stereocenters. The fourth-order valence-electron chi connectivity index (χ4n) is 9.82. The molecule has 2 heteroatoms. The summed E-state index contributed by atoms with van der Waals surface area (Å²) in [7, 11) is 0. The number of para-hydroxylation sites is 1. The van der Waals surface area contributed by atoms with Crippen LogP contribution in [0.2, 0.25) is 0 Å². The van der Waals surface area contributed by atoms with Gasteiger partial charge in [-0.1, -0.05) is 137 Å². The molecule has 10 aromatic rings. The third-order valence-corrected chi connectivity index (χ3v) is 12.9. The van der Waals surface area contributed by atoms with E-state index in [0.29, 0.717) is 0 Å². The van der Waals surface area contributed by atoms with E-state index < -0.39 is 0 Å². The molecule has 0 spiro atoms. The predicted octanol–water partition coefficient (Wildman–Crippen LogP) is 14.7. The fourth-order valence-corrected chi connectivity index (χ4v) is 9.82. The van der Waals surface area contributed by atoms with Gasteiger partial charge in [-0.05, 0) is 128 Å². The number of aromatic nitrogens is 2. The Balaban J connectivity index is 1.31. The summed E-state index contributed by atoms with van der Waals surface area (Å²) in [5.41, 5.74) is 15.3. The van der Waals surface area contributed by atoms with E-state index in [-0.39, 0.29) is 10.8 Å². The van der Waals surface area contributed by atoms with Crippen molar-refractivity contribution in [2.24, 2.45) is 0 Å². The second-order valence-corrected chi connectivity index (χ2v) is 17.3. The lowest BCUT2D eigenvalue weighted by Crippen LogP contribution is -2.33. The van der Waals surface area contributed by atoms with Crippen molar-refractivity contribution in [2.45, 2.75) is 51.4 Å². The third kappa shape index (κ3) is 4.95. The maximum Gasteiger partial charge on any atom is 0.0549 e. The van der Waals surface area contributed by atoms with Gasteiger partial charge in [-0.15, -0.1) is 0 Å². The monoisotopic (exact) mass is 720 g/mol. The van der Waals surface area contributed by atoms with Crippen LogP contribution in [0.15, 0.2) is 170 Å². The van der Waals surface area contributed by atoms with Crippen LogP contribution in [0, 0.1) is 0 Å². The third-order valence-electron chi connectivity index (χ3n) is 12.9. The molecule has 0 N–H and O–H groups in total. The molecule has 0 bridgehead atoms. The highest BCUT2D eigenvalue weighted by Gasteiger charge is 2.38. The smallest absolute Gasteiger partial charge is 0.0549 e. The molecular weight excluding hydrogens is 677 g/mol. The summed E-state index contributed by atoms with van der Waals surface area (Å²) in [4.78, 5) is 0. The standard InChI is InChI=1S/C54H44N2/c1-53(2)26-27-54(3,4)47-34-51-43(31-46(47)53)44-32-50-45(33-49(44)55(51)40-21-12-7-13-22-40)52-42-23-15-14-20-37(42)24-25-48(52)56(50)41-29-38(35-16-8-5-9-17-35)28-39(30-41)36-18-10-6-11-19-36/h5-25,28-34H,26-27H2,1-4H3. The highest BCUT2D eigenvalue weighted by molar-refractivity contribution is 6.25. The quantitative estimate of drug-likeness (QED) is 0.171. The van der Waals surface area contributed by atoms with Crippen LogP contribution in [0.4, 0.5) is 0 Å². The highest BCUT2D eigenvalue weighted by atomic mass is 15.0. The van der Waals surface area contributed by atoms with Crippen LogP contribution in [0.25, 0.3) is 88.0 Å². The van der Waals surface area contributed by atoms with Crippen LogP contribution in [0.1, 0.15) is 51.7 Å². The number of rotatable bonds is 4. The first-order valence-corrected chi connectivity index (χ1v) is 20.1. The molecule has 0 aliphatic heterocycles. The normalized spacial score (nSPS) is 14.9. The highest BCUT2D eigenvalue weighted by Crippen LogP contribution is 2.50. The Kier molecular flexibility index (Phi) is 7.11. The van der Waals surface area contributed by atoms with Gasteiger partial charge in [0, 0.05) is 32.9 Å². The lowest BCUT2D eigenvalue weighted by atomic mass is 9.63. The van der Waals surface area contributed by atoms with Gasteiger partial charge in [0.2, 0.25) is 0 Å². The average Bonchev–Trinajstić information content (AvgIpc) is 3.73. The fraction of sp³-hybridized carbons (Fsp3) is 0.148. The van der Waals surface area contributed by atoms with E-state index in [1.54, 1.807) is 0 Å². The van der Waals surface area contributed by atoms with Crippen molar-refractivity contribution in [1.82, 2.24) is 9.13 Å². The number of hydrogen-bond donors (Lipinski definition) is 0. The summed E-state index contributed by atoms with van der Waals surface area (Å²) in [6, 6.07) is 63.3. The molecule has 0 radical (unpaired) electrons. The lowest BCUT2D eigenvalue weighted by Gasteiger charge is -2.42. The number of fused-ring (bicyclic) bond motifs is 9. The molecule has 2 aromatic heterocycles. The Morgan fingerprint density at radius 3 is 1.52 bits per heavy atom. The van der Waals surface area contributed by atoms with E-state index in [9.17, 15) is 0 Å². The van der Waals surface area contributed by atoms with E-state index in [1.165, 1.54) is 106 Å². The van der Waals surface area contributed by atoms with Crippen LogP contribution in [0.3, 0.4) is 0 Å². The van der Waals surface area contributed by atoms with E-state index in [1.807, 2.05) is 0 Å². The number of hydrogen-bond acceptors (Lipinski definition) is 0. The first kappa shape index (κ1) is 33.0. The van der Waals surface area contributed by atoms with E-state index in [0.717, 1.165) is 5.69 Å². The summed E-state index contributed by atoms with van der Waals surface area (Å²) in [6.07, 6.45) is 2.37. The van der Waals surface area contributed by atoms with Crippen LogP contribution in [0.5, 0.6) is 0 Å². The zero-order valence-electron chi connectivity index (χ0n) is 32.5. The molecule has 2 heterocycles. The molecule has 11 rings (SSSR count). The van der Waals surface area contributed by atoms with Gasteiger partial charge in [-0.3, -0.25) is 0 Å². The SMILES string of the molecule is CC1(C)CCC(C)(C)c2cc3c(cc21)c1cc2c(cc1n3-c1ccccc1)c1c3ccccc3ccc1n2-c1cc(-c2ccccc2)cc(-c2ccccc2)c1. The van der Waals surface area contributed by atoms with Gasteiger partial charge in [-0.2, -0.15) is 0 Å². The van der Waals surface area contributed by atoms with Crippen LogP contribution in [-0.2, 0) is 10.8 Å². The van der Waals surface area contributed by atoms with Crippen LogP contribution in [-0.4, -0.2) is 9.13 Å². The molecule has 56 heavy (non-hydrogen) atoms. The van der Waals surface area contributed by atoms with Crippen molar-refractivity contribution in [2.75, 3.05) is 0 Å². The summed E-state index contributed by atoms with van der Waals surface area (Å²) in [5.74, 6) is 0. The van der Waals surface area contributed by atoms with Crippen molar-refractivity contribution in [3.8, 4) is 33.6 Å². The predicted molar refractivity (Wildman–Crippen MR) is 239 cm³/mol. The zero-order chi connectivity index (χ0) is 37.8. The minimum absolute atomic E-state index is 0.101. The molecule has 0 saturated heterocycles. The van der Waals surface area contributed by atoms with Crippen molar-refractivity contribution >= 4 is 54.4 Å². The van der Waals surface area contributed by atoms with Crippen molar-refractivity contribution in [3.05, 3.63) is 181 Å². The molecule has 0 saturated carbocycles. The zero-order valence-corrected chi connectivity index (χ0v) is 32.5. The van der Waals surface area contributed by atoms with Crippen LogP contribution >= 0.6 is 0 Å².